The summed E-state index contributed by atoms with van der Waals surface area (Å²) in [5.74, 6) is -0.556. The number of hydrogen-bond acceptors (Lipinski definition) is 3. The molecule has 3 rings (SSSR count). The van der Waals surface area contributed by atoms with E-state index in [2.05, 4.69) is 0 Å². The number of amides is 1. The Kier molecular flexibility index (Phi) is 4.07. The molecule has 0 bridgehead atoms. The third kappa shape index (κ3) is 2.81. The zero-order valence-electron chi connectivity index (χ0n) is 12.7. The Morgan fingerprint density at radius 1 is 1.22 bits per heavy atom. The second kappa shape index (κ2) is 5.89. The fraction of sp³-hybridized carbons (Fsp3) is 0.529. The first-order valence-electron chi connectivity index (χ1n) is 7.72. The van der Waals surface area contributed by atoms with Gasteiger partial charge in [0.05, 0.1) is 12.0 Å². The van der Waals surface area contributed by atoms with Gasteiger partial charge in [0.2, 0.25) is 11.6 Å². The molecule has 2 heterocycles. The van der Waals surface area contributed by atoms with Gasteiger partial charge in [-0.2, -0.15) is 5.26 Å². The van der Waals surface area contributed by atoms with Crippen molar-refractivity contribution in [1.82, 2.24) is 4.90 Å². The second-order valence-electron chi connectivity index (χ2n) is 6.26. The molecule has 1 unspecified atom stereocenters. The largest absolute Gasteiger partial charge is 0.381 e. The zero-order valence-corrected chi connectivity index (χ0v) is 12.7. The van der Waals surface area contributed by atoms with Gasteiger partial charge in [-0.25, -0.2) is 8.78 Å². The summed E-state index contributed by atoms with van der Waals surface area (Å²) in [7, 11) is 0. The predicted octanol–water partition coefficient (Wildman–Crippen LogP) is 2.34. The average molecular weight is 320 g/mol. The lowest BCUT2D eigenvalue weighted by Gasteiger charge is -2.39. The van der Waals surface area contributed by atoms with Crippen molar-refractivity contribution in [3.05, 3.63) is 35.6 Å². The van der Waals surface area contributed by atoms with Gasteiger partial charge in [-0.15, -0.1) is 0 Å². The van der Waals surface area contributed by atoms with Gasteiger partial charge in [-0.05, 0) is 30.5 Å². The first-order chi connectivity index (χ1) is 11.0. The minimum atomic E-state index is -1.97. The van der Waals surface area contributed by atoms with Crippen molar-refractivity contribution in [3.8, 4) is 6.07 Å². The molecule has 0 aliphatic carbocycles. The minimum absolute atomic E-state index is 0.0330. The molecule has 2 aliphatic rings. The van der Waals surface area contributed by atoms with Crippen molar-refractivity contribution in [2.24, 2.45) is 0 Å². The number of ether oxygens (including phenoxy) is 1. The first-order valence-corrected chi connectivity index (χ1v) is 7.72. The van der Waals surface area contributed by atoms with E-state index in [0.717, 1.165) is 5.56 Å². The molecular formula is C17H18F2N2O2. The van der Waals surface area contributed by atoms with Gasteiger partial charge in [-0.1, -0.05) is 12.1 Å². The average Bonchev–Trinajstić information content (AvgIpc) is 2.98. The smallest absolute Gasteiger partial charge is 0.233 e. The normalized spacial score (nSPS) is 26.7. The fourth-order valence-electron chi connectivity index (χ4n) is 3.45. The summed E-state index contributed by atoms with van der Waals surface area (Å²) in [6, 6.07) is 7.54. The van der Waals surface area contributed by atoms with Crippen LogP contribution in [0.5, 0.6) is 0 Å². The molecular weight excluding hydrogens is 302 g/mol. The van der Waals surface area contributed by atoms with E-state index in [4.69, 9.17) is 10.00 Å². The molecule has 4 nitrogen and oxygen atoms in total. The van der Waals surface area contributed by atoms with Crippen molar-refractivity contribution in [3.63, 3.8) is 0 Å². The Bertz CT molecular complexity index is 635. The Morgan fingerprint density at radius 3 is 2.43 bits per heavy atom. The van der Waals surface area contributed by atoms with Crippen LogP contribution in [0.3, 0.4) is 0 Å². The topological polar surface area (TPSA) is 53.3 Å². The van der Waals surface area contributed by atoms with Crippen LogP contribution in [0, 0.1) is 17.1 Å². The Hall–Kier alpha value is -2.00. The highest BCUT2D eigenvalue weighted by Crippen LogP contribution is 2.39. The predicted molar refractivity (Wildman–Crippen MR) is 78.8 cm³/mol. The van der Waals surface area contributed by atoms with Gasteiger partial charge in [0, 0.05) is 26.2 Å². The molecule has 2 fully saturated rings. The van der Waals surface area contributed by atoms with E-state index in [1.54, 1.807) is 18.2 Å². The SMILES string of the molecule is N#CC1(F)CCN(C(=O)C2(c3ccc(F)cc3)CCOCC2)C1. The van der Waals surface area contributed by atoms with Crippen LogP contribution in [0.4, 0.5) is 8.78 Å². The molecule has 1 atom stereocenters. The third-order valence-corrected chi connectivity index (χ3v) is 4.86. The van der Waals surface area contributed by atoms with Gasteiger partial charge in [-0.3, -0.25) is 4.79 Å². The Balaban J connectivity index is 1.92. The summed E-state index contributed by atoms with van der Waals surface area (Å²) in [6.45, 7) is 0.880. The maximum absolute atomic E-state index is 14.2. The van der Waals surface area contributed by atoms with Gasteiger partial charge in [0.1, 0.15) is 11.9 Å². The number of rotatable bonds is 2. The Morgan fingerprint density at radius 2 is 1.87 bits per heavy atom. The van der Waals surface area contributed by atoms with Crippen LogP contribution >= 0.6 is 0 Å². The summed E-state index contributed by atoms with van der Waals surface area (Å²) >= 11 is 0. The van der Waals surface area contributed by atoms with Gasteiger partial charge >= 0.3 is 0 Å². The number of benzene rings is 1. The highest BCUT2D eigenvalue weighted by Gasteiger charge is 2.49. The summed E-state index contributed by atoms with van der Waals surface area (Å²) in [5.41, 5.74) is -2.07. The Labute approximate surface area is 133 Å². The second-order valence-corrected chi connectivity index (χ2v) is 6.26. The molecule has 2 aliphatic heterocycles. The lowest BCUT2D eigenvalue weighted by molar-refractivity contribution is -0.140. The maximum atomic E-state index is 14.2. The van der Waals surface area contributed by atoms with Crippen LogP contribution in [-0.2, 0) is 14.9 Å². The quantitative estimate of drug-likeness (QED) is 0.840. The fourth-order valence-corrected chi connectivity index (χ4v) is 3.45. The molecule has 6 heteroatoms. The van der Waals surface area contributed by atoms with Crippen molar-refractivity contribution in [1.29, 1.82) is 5.26 Å². The van der Waals surface area contributed by atoms with E-state index < -0.39 is 11.1 Å². The van der Waals surface area contributed by atoms with E-state index in [1.807, 2.05) is 0 Å². The number of hydrogen-bond donors (Lipinski definition) is 0. The molecule has 0 N–H and O–H groups in total. The number of nitrogens with zero attached hydrogens (tertiary/aromatic N) is 2. The third-order valence-electron chi connectivity index (χ3n) is 4.86. The van der Waals surface area contributed by atoms with Crippen LogP contribution in [-0.4, -0.2) is 42.8 Å². The lowest BCUT2D eigenvalue weighted by atomic mass is 9.73. The summed E-state index contributed by atoms with van der Waals surface area (Å²) in [4.78, 5) is 14.5. The van der Waals surface area contributed by atoms with E-state index in [-0.39, 0.29) is 31.2 Å². The highest BCUT2D eigenvalue weighted by atomic mass is 19.1. The molecule has 0 aromatic heterocycles. The summed E-state index contributed by atoms with van der Waals surface area (Å²) in [6.07, 6.45) is 0.977. The maximum Gasteiger partial charge on any atom is 0.233 e. The van der Waals surface area contributed by atoms with Crippen LogP contribution in [0.25, 0.3) is 0 Å². The molecule has 2 saturated heterocycles. The summed E-state index contributed by atoms with van der Waals surface area (Å²) < 4.78 is 32.8. The van der Waals surface area contributed by atoms with Gasteiger partial charge in [0.15, 0.2) is 0 Å². The molecule has 0 saturated carbocycles. The standard InChI is InChI=1S/C17H18F2N2O2/c18-14-3-1-13(2-4-14)17(6-9-23-10-7-17)15(22)21-8-5-16(19,11-20)12-21/h1-4H,5-10,12H2. The van der Waals surface area contributed by atoms with Crippen molar-refractivity contribution < 1.29 is 18.3 Å². The number of carbonyl (C=O) groups excluding carboxylic acids is 1. The number of alkyl halides is 1. The monoisotopic (exact) mass is 320 g/mol. The van der Waals surface area contributed by atoms with Crippen LogP contribution in [0.1, 0.15) is 24.8 Å². The zero-order chi connectivity index (χ0) is 16.5. The van der Waals surface area contributed by atoms with E-state index in [0.29, 0.717) is 26.1 Å². The van der Waals surface area contributed by atoms with Crippen LogP contribution in [0.2, 0.25) is 0 Å². The van der Waals surface area contributed by atoms with Crippen LogP contribution in [0.15, 0.2) is 24.3 Å². The molecule has 1 aromatic carbocycles. The lowest BCUT2D eigenvalue weighted by Crippen LogP contribution is -2.49. The molecule has 0 radical (unpaired) electrons. The van der Waals surface area contributed by atoms with Crippen molar-refractivity contribution in [2.45, 2.75) is 30.3 Å². The minimum Gasteiger partial charge on any atom is -0.381 e. The highest BCUT2D eigenvalue weighted by molar-refractivity contribution is 5.89. The number of likely N-dealkylation sites (tertiary alicyclic amines) is 1. The molecule has 1 aromatic rings. The number of nitriles is 1. The van der Waals surface area contributed by atoms with Crippen LogP contribution < -0.4 is 0 Å². The van der Waals surface area contributed by atoms with Gasteiger partial charge in [0.25, 0.3) is 0 Å². The molecule has 122 valence electrons. The molecule has 23 heavy (non-hydrogen) atoms. The summed E-state index contributed by atoms with van der Waals surface area (Å²) in [5, 5.41) is 8.92. The van der Waals surface area contributed by atoms with E-state index in [1.165, 1.54) is 17.0 Å². The van der Waals surface area contributed by atoms with E-state index in [9.17, 15) is 13.6 Å². The van der Waals surface area contributed by atoms with Gasteiger partial charge < -0.3 is 9.64 Å². The number of carbonyl (C=O) groups is 1. The van der Waals surface area contributed by atoms with Crippen molar-refractivity contribution >= 4 is 5.91 Å². The van der Waals surface area contributed by atoms with E-state index >= 15 is 0 Å². The number of halogens is 2. The first kappa shape index (κ1) is 15.9. The van der Waals surface area contributed by atoms with Crippen molar-refractivity contribution in [2.75, 3.05) is 26.3 Å². The molecule has 0 spiro atoms. The molecule has 1 amide bonds.